The van der Waals surface area contributed by atoms with Crippen LogP contribution in [0.15, 0.2) is 23.8 Å². The molecular weight excluding hydrogens is 336 g/mol. The highest BCUT2D eigenvalue weighted by molar-refractivity contribution is 5.91. The molecule has 1 heterocycles. The van der Waals surface area contributed by atoms with Crippen LogP contribution < -0.4 is 0 Å². The Labute approximate surface area is 162 Å². The molecule has 1 spiro atoms. The third kappa shape index (κ3) is 2.20. The van der Waals surface area contributed by atoms with E-state index in [1.165, 1.54) is 12.0 Å². The molecule has 5 aliphatic rings. The molecule has 0 bridgehead atoms. The van der Waals surface area contributed by atoms with Crippen LogP contribution in [0.2, 0.25) is 0 Å². The first-order chi connectivity index (χ1) is 12.9. The van der Waals surface area contributed by atoms with E-state index in [1.54, 1.807) is 6.08 Å². The molecule has 4 aliphatic carbocycles. The predicted octanol–water partition coefficient (Wildman–Crippen LogP) is 4.86. The average Bonchev–Trinajstić information content (AvgIpc) is 3.12. The zero-order valence-corrected chi connectivity index (χ0v) is 16.9. The van der Waals surface area contributed by atoms with Gasteiger partial charge in [-0.3, -0.25) is 4.79 Å². The summed E-state index contributed by atoms with van der Waals surface area (Å²) >= 11 is 0. The topological polar surface area (TPSA) is 43.4 Å². The molecule has 0 saturated heterocycles. The van der Waals surface area contributed by atoms with Crippen LogP contribution in [0.3, 0.4) is 0 Å². The summed E-state index contributed by atoms with van der Waals surface area (Å²) in [7, 11) is 0. The van der Waals surface area contributed by atoms with E-state index in [0.29, 0.717) is 41.3 Å². The maximum absolute atomic E-state index is 12.1. The molecule has 0 aromatic rings. The number of ketones is 1. The van der Waals surface area contributed by atoms with Crippen molar-refractivity contribution in [2.24, 2.45) is 40.9 Å². The first-order valence-corrected chi connectivity index (χ1v) is 11.1. The lowest BCUT2D eigenvalue weighted by Gasteiger charge is -2.58. The molecule has 1 aliphatic heterocycles. The molecule has 0 radical (unpaired) electrons. The summed E-state index contributed by atoms with van der Waals surface area (Å²) in [6, 6.07) is 0. The van der Waals surface area contributed by atoms with E-state index in [0.717, 1.165) is 38.5 Å². The summed E-state index contributed by atoms with van der Waals surface area (Å²) in [6.07, 6.45) is 13.1. The van der Waals surface area contributed by atoms with E-state index in [4.69, 9.17) is 4.74 Å². The SMILES string of the molecule is CCC12CCC3C4CCC(=O)C=C4C[C@H](C)C3C1C(C)CC21C=CC(=O)O1. The maximum atomic E-state index is 12.1. The lowest BCUT2D eigenvalue weighted by atomic mass is 9.46. The van der Waals surface area contributed by atoms with Gasteiger partial charge in [0, 0.05) is 17.9 Å². The molecule has 3 saturated carbocycles. The van der Waals surface area contributed by atoms with Gasteiger partial charge in [0.05, 0.1) is 0 Å². The quantitative estimate of drug-likeness (QED) is 0.621. The second kappa shape index (κ2) is 5.81. The van der Waals surface area contributed by atoms with Gasteiger partial charge in [0.15, 0.2) is 5.78 Å². The van der Waals surface area contributed by atoms with E-state index in [9.17, 15) is 9.59 Å². The minimum Gasteiger partial charge on any atom is -0.451 e. The predicted molar refractivity (Wildman–Crippen MR) is 104 cm³/mol. The van der Waals surface area contributed by atoms with Gasteiger partial charge in [-0.25, -0.2) is 4.79 Å². The third-order valence-electron chi connectivity index (χ3n) is 9.21. The van der Waals surface area contributed by atoms with E-state index in [-0.39, 0.29) is 17.0 Å². The van der Waals surface area contributed by atoms with Crippen molar-refractivity contribution in [3.63, 3.8) is 0 Å². The first kappa shape index (κ1) is 17.7. The molecule has 5 rings (SSSR count). The average molecular weight is 369 g/mol. The highest BCUT2D eigenvalue weighted by atomic mass is 16.6. The molecular formula is C24H32O3. The fraction of sp³-hybridized carbons (Fsp3) is 0.750. The number of carbonyl (C=O) groups is 2. The molecule has 7 unspecified atom stereocenters. The standard InChI is InChI=1S/C24H32O3/c1-4-23-9-7-19-18-6-5-17(25)12-16(18)11-14(2)21(19)22(23)15(3)13-24(23)10-8-20(26)27-24/h8,10,12,14-15,18-19,21-22H,4-7,9,11,13H2,1-3H3/t14-,15?,18?,19?,21?,22?,23?,24?/m0/s1. The van der Waals surface area contributed by atoms with Crippen LogP contribution in [-0.4, -0.2) is 17.4 Å². The van der Waals surface area contributed by atoms with Crippen molar-refractivity contribution < 1.29 is 14.3 Å². The van der Waals surface area contributed by atoms with Crippen molar-refractivity contribution in [2.75, 3.05) is 0 Å². The summed E-state index contributed by atoms with van der Waals surface area (Å²) in [4.78, 5) is 24.0. The Morgan fingerprint density at radius 3 is 2.70 bits per heavy atom. The number of allylic oxidation sites excluding steroid dienone is 1. The van der Waals surface area contributed by atoms with E-state index < -0.39 is 0 Å². The van der Waals surface area contributed by atoms with E-state index >= 15 is 0 Å². The summed E-state index contributed by atoms with van der Waals surface area (Å²) in [5.74, 6) is 4.00. The number of carbonyl (C=O) groups excluding carboxylic acids is 2. The lowest BCUT2D eigenvalue weighted by molar-refractivity contribution is -0.166. The summed E-state index contributed by atoms with van der Waals surface area (Å²) in [5.41, 5.74) is 1.17. The van der Waals surface area contributed by atoms with Gasteiger partial charge in [-0.2, -0.15) is 0 Å². The Hall–Kier alpha value is -1.38. The fourth-order valence-corrected chi connectivity index (χ4v) is 8.51. The van der Waals surface area contributed by atoms with Crippen LogP contribution in [0.25, 0.3) is 0 Å². The van der Waals surface area contributed by atoms with Crippen LogP contribution >= 0.6 is 0 Å². The highest BCUT2D eigenvalue weighted by Gasteiger charge is 2.69. The van der Waals surface area contributed by atoms with Crippen molar-refractivity contribution in [2.45, 2.75) is 71.3 Å². The zero-order chi connectivity index (χ0) is 19.0. The Morgan fingerprint density at radius 2 is 2.00 bits per heavy atom. The van der Waals surface area contributed by atoms with Crippen LogP contribution in [0, 0.1) is 40.9 Å². The number of rotatable bonds is 1. The molecule has 3 fully saturated rings. The molecule has 3 nitrogen and oxygen atoms in total. The van der Waals surface area contributed by atoms with Gasteiger partial charge in [-0.05, 0) is 86.2 Å². The summed E-state index contributed by atoms with van der Waals surface area (Å²) < 4.78 is 6.07. The van der Waals surface area contributed by atoms with Gasteiger partial charge in [0.2, 0.25) is 0 Å². The minimum atomic E-state index is -0.369. The first-order valence-electron chi connectivity index (χ1n) is 11.1. The highest BCUT2D eigenvalue weighted by Crippen LogP contribution is 2.70. The molecule has 146 valence electrons. The largest absolute Gasteiger partial charge is 0.451 e. The van der Waals surface area contributed by atoms with Crippen molar-refractivity contribution in [3.8, 4) is 0 Å². The Bertz CT molecular complexity index is 749. The Kier molecular flexibility index (Phi) is 3.81. The van der Waals surface area contributed by atoms with E-state index in [1.807, 2.05) is 6.08 Å². The summed E-state index contributed by atoms with van der Waals surface area (Å²) in [5, 5.41) is 0. The van der Waals surface area contributed by atoms with Crippen molar-refractivity contribution in [3.05, 3.63) is 23.8 Å². The minimum absolute atomic E-state index is 0.0935. The van der Waals surface area contributed by atoms with Gasteiger partial charge in [0.1, 0.15) is 5.60 Å². The molecule has 3 heteroatoms. The van der Waals surface area contributed by atoms with Crippen LogP contribution in [0.4, 0.5) is 0 Å². The van der Waals surface area contributed by atoms with Gasteiger partial charge >= 0.3 is 5.97 Å². The normalized spacial score (nSPS) is 50.9. The van der Waals surface area contributed by atoms with Crippen LogP contribution in [0.1, 0.15) is 65.7 Å². The van der Waals surface area contributed by atoms with Gasteiger partial charge < -0.3 is 4.74 Å². The Balaban J connectivity index is 1.56. The van der Waals surface area contributed by atoms with Crippen molar-refractivity contribution >= 4 is 11.8 Å². The fourth-order valence-electron chi connectivity index (χ4n) is 8.51. The van der Waals surface area contributed by atoms with Crippen molar-refractivity contribution in [1.29, 1.82) is 0 Å². The number of ether oxygens (including phenoxy) is 1. The second-order valence-electron chi connectivity index (χ2n) is 10.2. The lowest BCUT2D eigenvalue weighted by Crippen LogP contribution is -2.55. The van der Waals surface area contributed by atoms with E-state index in [2.05, 4.69) is 26.8 Å². The molecule has 0 aromatic heterocycles. The third-order valence-corrected chi connectivity index (χ3v) is 9.21. The van der Waals surface area contributed by atoms with Gasteiger partial charge in [0.25, 0.3) is 0 Å². The van der Waals surface area contributed by atoms with Crippen LogP contribution in [-0.2, 0) is 14.3 Å². The van der Waals surface area contributed by atoms with Gasteiger partial charge in [-0.1, -0.05) is 26.3 Å². The molecule has 8 atom stereocenters. The van der Waals surface area contributed by atoms with Gasteiger partial charge in [-0.15, -0.1) is 0 Å². The number of hydrogen-bond donors (Lipinski definition) is 0. The number of fused-ring (bicyclic) bond motifs is 6. The summed E-state index contributed by atoms with van der Waals surface area (Å²) in [6.45, 7) is 7.12. The molecule has 0 N–H and O–H groups in total. The number of esters is 1. The smallest absolute Gasteiger partial charge is 0.331 e. The molecule has 27 heavy (non-hydrogen) atoms. The zero-order valence-electron chi connectivity index (χ0n) is 16.9. The molecule has 0 amide bonds. The monoisotopic (exact) mass is 368 g/mol. The molecule has 0 aromatic carbocycles. The Morgan fingerprint density at radius 1 is 1.19 bits per heavy atom. The van der Waals surface area contributed by atoms with Crippen LogP contribution in [0.5, 0.6) is 0 Å². The maximum Gasteiger partial charge on any atom is 0.331 e. The second-order valence-corrected chi connectivity index (χ2v) is 10.2. The van der Waals surface area contributed by atoms with Crippen molar-refractivity contribution in [1.82, 2.24) is 0 Å². The number of hydrogen-bond acceptors (Lipinski definition) is 3.